The summed E-state index contributed by atoms with van der Waals surface area (Å²) in [6.07, 6.45) is 0. The number of fused-ring (bicyclic) bond motifs is 1. The number of nitriles is 1. The van der Waals surface area contributed by atoms with Crippen LogP contribution in [0.25, 0.3) is 10.1 Å². The van der Waals surface area contributed by atoms with Crippen molar-refractivity contribution in [2.45, 2.75) is 4.90 Å². The molecule has 0 N–H and O–H groups in total. The van der Waals surface area contributed by atoms with Crippen LogP contribution in [0, 0.1) is 11.3 Å². The van der Waals surface area contributed by atoms with Crippen molar-refractivity contribution < 1.29 is 0 Å². The Kier molecular flexibility index (Phi) is 2.20. The highest BCUT2D eigenvalue weighted by Gasteiger charge is 2.08. The fraction of sp³-hybridized carbons (Fsp3) is 0. The minimum atomic E-state index is 0.653. The largest absolute Gasteiger partial charge is 0.192 e. The summed E-state index contributed by atoms with van der Waals surface area (Å²) in [4.78, 5) is 0.835. The number of halogens is 1. The molecule has 0 amide bonds. The predicted molar refractivity (Wildman–Crippen MR) is 58.8 cm³/mol. The lowest BCUT2D eigenvalue weighted by Gasteiger charge is -1.96. The zero-order valence-electron chi connectivity index (χ0n) is 6.41. The smallest absolute Gasteiger partial charge is 0.101 e. The van der Waals surface area contributed by atoms with E-state index in [4.69, 9.17) is 16.9 Å². The Balaban J connectivity index is 2.97. The third-order valence-corrected chi connectivity index (χ3v) is 3.63. The van der Waals surface area contributed by atoms with Crippen molar-refractivity contribution in [3.63, 3.8) is 0 Å². The fourth-order valence-electron chi connectivity index (χ4n) is 1.18. The number of hydrogen-bond acceptors (Lipinski definition) is 3. The Bertz CT molecular complexity index is 510. The molecule has 2 aromatic rings. The molecule has 64 valence electrons. The van der Waals surface area contributed by atoms with Crippen LogP contribution in [0.5, 0.6) is 0 Å². The first kappa shape index (κ1) is 8.89. The Morgan fingerprint density at radius 3 is 2.92 bits per heavy atom. The summed E-state index contributed by atoms with van der Waals surface area (Å²) in [6, 6.07) is 5.59. The minimum Gasteiger partial charge on any atom is -0.192 e. The lowest BCUT2D eigenvalue weighted by molar-refractivity contribution is 1.51. The number of nitrogens with zero attached hydrogens (tertiary/aromatic N) is 1. The second-order valence-corrected chi connectivity index (χ2v) is 4.30. The Labute approximate surface area is 90.0 Å². The number of thiol groups is 1. The van der Waals surface area contributed by atoms with E-state index in [0.717, 1.165) is 15.0 Å². The lowest BCUT2D eigenvalue weighted by Crippen LogP contribution is -1.75. The molecule has 1 heterocycles. The molecule has 0 aliphatic rings. The van der Waals surface area contributed by atoms with Gasteiger partial charge in [0.25, 0.3) is 0 Å². The average Bonchev–Trinajstić information content (AvgIpc) is 2.50. The first-order valence-electron chi connectivity index (χ1n) is 3.53. The van der Waals surface area contributed by atoms with Crippen LogP contribution in [0.2, 0.25) is 5.02 Å². The SMILES string of the molecule is N#Cc1ccc(Cl)c2c(S)csc12. The van der Waals surface area contributed by atoms with E-state index in [1.165, 1.54) is 11.3 Å². The highest BCUT2D eigenvalue weighted by molar-refractivity contribution is 7.80. The third kappa shape index (κ3) is 1.31. The van der Waals surface area contributed by atoms with E-state index in [1.807, 2.05) is 5.38 Å². The summed E-state index contributed by atoms with van der Waals surface area (Å²) in [6.45, 7) is 0. The highest BCUT2D eigenvalue weighted by Crippen LogP contribution is 2.36. The highest BCUT2D eigenvalue weighted by atomic mass is 35.5. The maximum atomic E-state index is 8.82. The van der Waals surface area contributed by atoms with Gasteiger partial charge in [0.1, 0.15) is 6.07 Å². The Morgan fingerprint density at radius 2 is 2.23 bits per heavy atom. The topological polar surface area (TPSA) is 23.8 Å². The molecular formula is C9H4ClNS2. The summed E-state index contributed by atoms with van der Waals surface area (Å²) >= 11 is 11.8. The molecule has 0 unspecified atom stereocenters. The van der Waals surface area contributed by atoms with Crippen LogP contribution in [-0.4, -0.2) is 0 Å². The van der Waals surface area contributed by atoms with E-state index in [2.05, 4.69) is 18.7 Å². The minimum absolute atomic E-state index is 0.653. The second-order valence-electron chi connectivity index (χ2n) is 2.53. The second kappa shape index (κ2) is 3.22. The molecule has 0 radical (unpaired) electrons. The van der Waals surface area contributed by atoms with Crippen LogP contribution < -0.4 is 0 Å². The van der Waals surface area contributed by atoms with Gasteiger partial charge in [0.2, 0.25) is 0 Å². The maximum Gasteiger partial charge on any atom is 0.101 e. The molecule has 0 fully saturated rings. The van der Waals surface area contributed by atoms with Crippen molar-refractivity contribution in [3.05, 3.63) is 28.1 Å². The van der Waals surface area contributed by atoms with Crippen molar-refractivity contribution in [1.82, 2.24) is 0 Å². The first-order valence-corrected chi connectivity index (χ1v) is 5.23. The van der Waals surface area contributed by atoms with Gasteiger partial charge >= 0.3 is 0 Å². The third-order valence-electron chi connectivity index (χ3n) is 1.77. The number of hydrogen-bond donors (Lipinski definition) is 1. The van der Waals surface area contributed by atoms with Crippen molar-refractivity contribution in [2.75, 3.05) is 0 Å². The van der Waals surface area contributed by atoms with Gasteiger partial charge in [-0.15, -0.1) is 24.0 Å². The number of benzene rings is 1. The van der Waals surface area contributed by atoms with E-state index in [0.29, 0.717) is 10.6 Å². The standard InChI is InChI=1S/C9H4ClNS2/c10-6-2-1-5(3-11)9-8(6)7(12)4-13-9/h1-2,4,12H. The van der Waals surface area contributed by atoms with Gasteiger partial charge in [-0.25, -0.2) is 0 Å². The van der Waals surface area contributed by atoms with E-state index in [-0.39, 0.29) is 0 Å². The molecule has 0 saturated heterocycles. The van der Waals surface area contributed by atoms with Gasteiger partial charge < -0.3 is 0 Å². The van der Waals surface area contributed by atoms with E-state index >= 15 is 0 Å². The van der Waals surface area contributed by atoms with E-state index < -0.39 is 0 Å². The summed E-state index contributed by atoms with van der Waals surface area (Å²) in [5, 5.41) is 12.3. The van der Waals surface area contributed by atoms with Crippen molar-refractivity contribution in [1.29, 1.82) is 5.26 Å². The monoisotopic (exact) mass is 225 g/mol. The molecule has 0 aliphatic carbocycles. The summed E-state index contributed by atoms with van der Waals surface area (Å²) in [5.74, 6) is 0. The van der Waals surface area contributed by atoms with Crippen LogP contribution in [-0.2, 0) is 0 Å². The maximum absolute atomic E-state index is 8.82. The van der Waals surface area contributed by atoms with Gasteiger partial charge in [-0.1, -0.05) is 11.6 Å². The first-order chi connectivity index (χ1) is 6.24. The molecule has 1 aromatic heterocycles. The van der Waals surface area contributed by atoms with Crippen LogP contribution in [0.1, 0.15) is 5.56 Å². The number of rotatable bonds is 0. The fourth-order valence-corrected chi connectivity index (χ4v) is 2.95. The van der Waals surface area contributed by atoms with Gasteiger partial charge in [0.05, 0.1) is 15.3 Å². The molecule has 0 bridgehead atoms. The summed E-state index contributed by atoms with van der Waals surface area (Å²) in [7, 11) is 0. The molecule has 1 nitrogen and oxygen atoms in total. The van der Waals surface area contributed by atoms with Gasteiger partial charge in [-0.3, -0.25) is 0 Å². The molecule has 2 rings (SSSR count). The van der Waals surface area contributed by atoms with Crippen molar-refractivity contribution in [3.8, 4) is 6.07 Å². The zero-order chi connectivity index (χ0) is 9.42. The van der Waals surface area contributed by atoms with Crippen LogP contribution in [0.15, 0.2) is 22.4 Å². The quantitative estimate of drug-likeness (QED) is 0.679. The number of thiophene rings is 1. The van der Waals surface area contributed by atoms with Gasteiger partial charge in [-0.05, 0) is 12.1 Å². The molecular weight excluding hydrogens is 222 g/mol. The van der Waals surface area contributed by atoms with Gasteiger partial charge in [-0.2, -0.15) is 5.26 Å². The van der Waals surface area contributed by atoms with Gasteiger partial charge in [0, 0.05) is 15.7 Å². The molecule has 0 aliphatic heterocycles. The predicted octanol–water partition coefficient (Wildman–Crippen LogP) is 3.72. The molecule has 0 spiro atoms. The van der Waals surface area contributed by atoms with Crippen LogP contribution in [0.4, 0.5) is 0 Å². The van der Waals surface area contributed by atoms with Crippen molar-refractivity contribution >= 4 is 45.7 Å². The van der Waals surface area contributed by atoms with Crippen LogP contribution in [0.3, 0.4) is 0 Å². The zero-order valence-corrected chi connectivity index (χ0v) is 8.88. The van der Waals surface area contributed by atoms with Crippen LogP contribution >= 0.6 is 35.6 Å². The van der Waals surface area contributed by atoms with Gasteiger partial charge in [0.15, 0.2) is 0 Å². The lowest BCUT2D eigenvalue weighted by atomic mass is 10.2. The Hall–Kier alpha value is -0.690. The molecule has 0 atom stereocenters. The van der Waals surface area contributed by atoms with E-state index in [9.17, 15) is 0 Å². The average molecular weight is 226 g/mol. The summed E-state index contributed by atoms with van der Waals surface area (Å²) < 4.78 is 0.917. The van der Waals surface area contributed by atoms with Crippen molar-refractivity contribution in [2.24, 2.45) is 0 Å². The molecule has 4 heteroatoms. The molecule has 13 heavy (non-hydrogen) atoms. The summed E-state index contributed by atoms with van der Waals surface area (Å²) in [5.41, 5.74) is 0.657. The molecule has 1 aromatic carbocycles. The molecule has 0 saturated carbocycles. The normalized spacial score (nSPS) is 10.2. The van der Waals surface area contributed by atoms with E-state index in [1.54, 1.807) is 12.1 Å². The Morgan fingerprint density at radius 1 is 1.46 bits per heavy atom.